The lowest BCUT2D eigenvalue weighted by Crippen LogP contribution is -2.15. The summed E-state index contributed by atoms with van der Waals surface area (Å²) in [7, 11) is 1.61. The first-order chi connectivity index (χ1) is 10.7. The van der Waals surface area contributed by atoms with Crippen LogP contribution in [0.5, 0.6) is 5.75 Å². The van der Waals surface area contributed by atoms with Gasteiger partial charge in [0.2, 0.25) is 0 Å². The lowest BCUT2D eigenvalue weighted by molar-refractivity contribution is 0.399. The summed E-state index contributed by atoms with van der Waals surface area (Å²) in [5, 5.41) is 0. The van der Waals surface area contributed by atoms with Crippen LogP contribution in [0.3, 0.4) is 0 Å². The number of rotatable bonds is 5. The van der Waals surface area contributed by atoms with Crippen LogP contribution in [0.4, 0.5) is 11.4 Å². The molecule has 0 fully saturated rings. The van der Waals surface area contributed by atoms with Crippen LogP contribution in [0.2, 0.25) is 0 Å². The zero-order valence-electron chi connectivity index (χ0n) is 14.0. The SMILES string of the molecule is COc1c(C)cc(C)cc1S(=O)(=O)Nc1ccc(N(C)C)cc1. The standard InChI is InChI=1S/C17H22N2O3S/c1-12-10-13(2)17(22-5)16(11-12)23(20,21)18-14-6-8-15(9-7-14)19(3)4/h6-11,18H,1-5H3. The van der Waals surface area contributed by atoms with E-state index >= 15 is 0 Å². The molecule has 2 rings (SSSR count). The van der Waals surface area contributed by atoms with Crippen LogP contribution >= 0.6 is 0 Å². The molecule has 0 amide bonds. The molecular formula is C17H22N2O3S. The molecule has 1 N–H and O–H groups in total. The van der Waals surface area contributed by atoms with Crippen LogP contribution in [0.1, 0.15) is 11.1 Å². The summed E-state index contributed by atoms with van der Waals surface area (Å²) in [4.78, 5) is 2.10. The van der Waals surface area contributed by atoms with Gasteiger partial charge in [0, 0.05) is 25.5 Å². The summed E-state index contributed by atoms with van der Waals surface area (Å²) < 4.78 is 33.3. The highest BCUT2D eigenvalue weighted by Gasteiger charge is 2.21. The van der Waals surface area contributed by atoms with Crippen molar-refractivity contribution in [3.05, 3.63) is 47.5 Å². The van der Waals surface area contributed by atoms with Crippen LogP contribution in [-0.2, 0) is 10.0 Å². The lowest BCUT2D eigenvalue weighted by Gasteiger charge is -2.16. The van der Waals surface area contributed by atoms with Crippen molar-refractivity contribution in [3.8, 4) is 5.75 Å². The number of methoxy groups -OCH3 is 1. The molecule has 124 valence electrons. The molecule has 0 aliphatic rings. The zero-order valence-corrected chi connectivity index (χ0v) is 14.9. The molecule has 0 bridgehead atoms. The number of aryl methyl sites for hydroxylation is 2. The normalized spacial score (nSPS) is 11.2. The number of anilines is 2. The summed E-state index contributed by atoms with van der Waals surface area (Å²) in [5.41, 5.74) is 3.16. The first-order valence-corrected chi connectivity index (χ1v) is 8.68. The van der Waals surface area contributed by atoms with E-state index in [-0.39, 0.29) is 4.90 Å². The van der Waals surface area contributed by atoms with Gasteiger partial charge in [-0.15, -0.1) is 0 Å². The maximum Gasteiger partial charge on any atom is 0.265 e. The molecular weight excluding hydrogens is 312 g/mol. The van der Waals surface area contributed by atoms with Crippen molar-refractivity contribution in [1.29, 1.82) is 0 Å². The Balaban J connectivity index is 2.39. The Morgan fingerprint density at radius 2 is 1.65 bits per heavy atom. The smallest absolute Gasteiger partial charge is 0.265 e. The fourth-order valence-corrected chi connectivity index (χ4v) is 3.80. The number of sulfonamides is 1. The van der Waals surface area contributed by atoms with Gasteiger partial charge in [-0.1, -0.05) is 6.07 Å². The van der Waals surface area contributed by atoms with E-state index in [9.17, 15) is 8.42 Å². The fourth-order valence-electron chi connectivity index (χ4n) is 2.41. The summed E-state index contributed by atoms with van der Waals surface area (Å²) >= 11 is 0. The van der Waals surface area contributed by atoms with E-state index in [0.717, 1.165) is 16.8 Å². The van der Waals surface area contributed by atoms with Crippen LogP contribution in [0.15, 0.2) is 41.3 Å². The number of nitrogens with zero attached hydrogens (tertiary/aromatic N) is 1. The highest BCUT2D eigenvalue weighted by atomic mass is 32.2. The zero-order chi connectivity index (χ0) is 17.2. The van der Waals surface area contributed by atoms with Gasteiger partial charge in [-0.3, -0.25) is 4.72 Å². The van der Waals surface area contributed by atoms with E-state index in [4.69, 9.17) is 4.74 Å². The molecule has 5 nitrogen and oxygen atoms in total. The van der Waals surface area contributed by atoms with E-state index in [1.165, 1.54) is 7.11 Å². The summed E-state index contributed by atoms with van der Waals surface area (Å²) in [5.74, 6) is 0.369. The average Bonchev–Trinajstić information content (AvgIpc) is 2.46. The van der Waals surface area contributed by atoms with Gasteiger partial charge in [0.05, 0.1) is 7.11 Å². The summed E-state index contributed by atoms with van der Waals surface area (Å²) in [6.07, 6.45) is 0. The molecule has 2 aromatic rings. The van der Waals surface area contributed by atoms with Gasteiger partial charge in [-0.2, -0.15) is 0 Å². The van der Waals surface area contributed by atoms with Crippen molar-refractivity contribution in [2.45, 2.75) is 18.7 Å². The third-order valence-electron chi connectivity index (χ3n) is 3.51. The van der Waals surface area contributed by atoms with Gasteiger partial charge in [0.15, 0.2) is 0 Å². The Bertz CT molecular complexity index is 797. The number of hydrogen-bond acceptors (Lipinski definition) is 4. The molecule has 0 saturated heterocycles. The maximum absolute atomic E-state index is 12.7. The molecule has 0 unspecified atom stereocenters. The van der Waals surface area contributed by atoms with Crippen molar-refractivity contribution in [3.63, 3.8) is 0 Å². The van der Waals surface area contributed by atoms with Gasteiger partial charge < -0.3 is 9.64 Å². The van der Waals surface area contributed by atoms with Crippen molar-refractivity contribution in [2.24, 2.45) is 0 Å². The highest BCUT2D eigenvalue weighted by Crippen LogP contribution is 2.30. The Hall–Kier alpha value is -2.21. The Labute approximate surface area is 137 Å². The number of hydrogen-bond donors (Lipinski definition) is 1. The second-order valence-electron chi connectivity index (χ2n) is 5.66. The second kappa shape index (κ2) is 6.50. The maximum atomic E-state index is 12.7. The minimum absolute atomic E-state index is 0.147. The lowest BCUT2D eigenvalue weighted by atomic mass is 10.1. The van der Waals surface area contributed by atoms with Crippen molar-refractivity contribution >= 4 is 21.4 Å². The van der Waals surface area contributed by atoms with Gasteiger partial charge in [-0.25, -0.2) is 8.42 Å². The predicted molar refractivity (Wildman–Crippen MR) is 94.0 cm³/mol. The van der Waals surface area contributed by atoms with Crippen molar-refractivity contribution < 1.29 is 13.2 Å². The Kier molecular flexibility index (Phi) is 4.85. The summed E-state index contributed by atoms with van der Waals surface area (Å²) in [6, 6.07) is 10.7. The van der Waals surface area contributed by atoms with Crippen LogP contribution in [0, 0.1) is 13.8 Å². The van der Waals surface area contributed by atoms with Gasteiger partial charge in [-0.05, 0) is 55.3 Å². The molecule has 0 aliphatic heterocycles. The Morgan fingerprint density at radius 3 is 2.17 bits per heavy atom. The number of nitrogens with one attached hydrogen (secondary N) is 1. The fraction of sp³-hybridized carbons (Fsp3) is 0.294. The van der Waals surface area contributed by atoms with Crippen molar-refractivity contribution in [2.75, 3.05) is 30.8 Å². The van der Waals surface area contributed by atoms with E-state index in [2.05, 4.69) is 4.72 Å². The number of ether oxygens (including phenoxy) is 1. The minimum Gasteiger partial charge on any atom is -0.495 e. The van der Waals surface area contributed by atoms with Gasteiger partial charge >= 0.3 is 0 Å². The molecule has 0 aromatic heterocycles. The van der Waals surface area contributed by atoms with Crippen LogP contribution < -0.4 is 14.4 Å². The molecule has 0 saturated carbocycles. The molecule has 0 aliphatic carbocycles. The first-order valence-electron chi connectivity index (χ1n) is 7.20. The molecule has 0 spiro atoms. The molecule has 0 radical (unpaired) electrons. The average molecular weight is 334 g/mol. The second-order valence-corrected chi connectivity index (χ2v) is 7.31. The third kappa shape index (κ3) is 3.76. The molecule has 0 atom stereocenters. The molecule has 0 heterocycles. The Morgan fingerprint density at radius 1 is 1.04 bits per heavy atom. The van der Waals surface area contributed by atoms with Gasteiger partial charge in [0.1, 0.15) is 10.6 Å². The molecule has 23 heavy (non-hydrogen) atoms. The first kappa shape index (κ1) is 17.1. The van der Waals surface area contributed by atoms with E-state index in [1.807, 2.05) is 51.0 Å². The summed E-state index contributed by atoms with van der Waals surface area (Å²) in [6.45, 7) is 3.69. The topological polar surface area (TPSA) is 58.6 Å². The number of benzene rings is 2. The molecule has 2 aromatic carbocycles. The monoisotopic (exact) mass is 334 g/mol. The quantitative estimate of drug-likeness (QED) is 0.912. The predicted octanol–water partition coefficient (Wildman–Crippen LogP) is 3.18. The van der Waals surface area contributed by atoms with Crippen LogP contribution in [0.25, 0.3) is 0 Å². The van der Waals surface area contributed by atoms with Crippen molar-refractivity contribution in [1.82, 2.24) is 0 Å². The van der Waals surface area contributed by atoms with E-state index in [0.29, 0.717) is 11.4 Å². The highest BCUT2D eigenvalue weighted by molar-refractivity contribution is 7.92. The third-order valence-corrected chi connectivity index (χ3v) is 4.90. The van der Waals surface area contributed by atoms with Gasteiger partial charge in [0.25, 0.3) is 10.0 Å². The van der Waals surface area contributed by atoms with E-state index in [1.54, 1.807) is 18.2 Å². The molecule has 6 heteroatoms. The van der Waals surface area contributed by atoms with Crippen LogP contribution in [-0.4, -0.2) is 29.6 Å². The minimum atomic E-state index is -3.72. The largest absolute Gasteiger partial charge is 0.495 e. The van der Waals surface area contributed by atoms with E-state index < -0.39 is 10.0 Å².